The van der Waals surface area contributed by atoms with E-state index in [-0.39, 0.29) is 60.1 Å². The minimum absolute atomic E-state index is 0.0962. The third-order valence-corrected chi connectivity index (χ3v) is 24.4. The van der Waals surface area contributed by atoms with Crippen LogP contribution in [-0.4, -0.2) is 201 Å². The number of H-pyrrole nitrogens is 4. The largest absolute Gasteiger partial charge is 0.475 e. The van der Waals surface area contributed by atoms with Gasteiger partial charge in [-0.15, -0.1) is 11.3 Å². The molecule has 7 heterocycles. The summed E-state index contributed by atoms with van der Waals surface area (Å²) in [6.07, 6.45) is 14.2. The molecular weight excluding hydrogens is 1730 g/mol. The number of thiazole rings is 1. The molecule has 0 saturated carbocycles. The number of amides is 7. The number of carbonyl (C=O) groups is 7. The fourth-order valence-corrected chi connectivity index (χ4v) is 17.7. The number of pyridine rings is 2. The first-order valence-corrected chi connectivity index (χ1v) is 46.5. The number of carbonyl (C=O) groups excluding carboxylic acids is 7. The van der Waals surface area contributed by atoms with E-state index >= 15 is 0 Å². The van der Waals surface area contributed by atoms with E-state index in [9.17, 15) is 82.2 Å². The Morgan fingerprint density at radius 3 is 1.11 bits per heavy atom. The van der Waals surface area contributed by atoms with Crippen molar-refractivity contribution in [3.63, 3.8) is 0 Å². The highest BCUT2D eigenvalue weighted by Crippen LogP contribution is 2.28. The van der Waals surface area contributed by atoms with Crippen LogP contribution in [0.15, 0.2) is 238 Å². The highest BCUT2D eigenvalue weighted by Gasteiger charge is 2.37. The van der Waals surface area contributed by atoms with Gasteiger partial charge >= 0.3 is 28.5 Å². The first kappa shape index (κ1) is 101. The molecular formula is C95H113B4N15O17S2. The summed E-state index contributed by atoms with van der Waals surface area (Å²) in [4.78, 5) is 117. The van der Waals surface area contributed by atoms with Crippen LogP contribution in [0.25, 0.3) is 64.7 Å². The van der Waals surface area contributed by atoms with E-state index < -0.39 is 128 Å². The average molecular weight is 1840 g/mol. The van der Waals surface area contributed by atoms with Crippen molar-refractivity contribution in [3.8, 4) is 0 Å². The molecule has 0 aliphatic carbocycles. The number of nitrogens with one attached hydrogen (secondary N) is 12. The molecule has 0 aliphatic heterocycles. The summed E-state index contributed by atoms with van der Waals surface area (Å²) in [7, 11) is -10.7. The molecule has 0 unspecified atom stereocenters. The topological polar surface area (TPSA) is 514 Å². The van der Waals surface area contributed by atoms with E-state index in [1.54, 1.807) is 79.1 Å². The molecule has 38 heteroatoms. The molecule has 14 aromatic rings. The van der Waals surface area contributed by atoms with Crippen molar-refractivity contribution in [2.75, 3.05) is 0 Å². The van der Waals surface area contributed by atoms with Gasteiger partial charge in [0, 0.05) is 123 Å². The molecule has 133 heavy (non-hydrogen) atoms. The van der Waals surface area contributed by atoms with Gasteiger partial charge in [-0.25, -0.2) is 18.1 Å². The van der Waals surface area contributed by atoms with Crippen LogP contribution in [0.2, 0.25) is 0 Å². The van der Waals surface area contributed by atoms with Crippen molar-refractivity contribution < 1.29 is 82.2 Å². The summed E-state index contributed by atoms with van der Waals surface area (Å²) in [6, 6.07) is 54.9. The number of sulfonamides is 1. The van der Waals surface area contributed by atoms with Gasteiger partial charge in [-0.05, 0) is 156 Å². The highest BCUT2D eigenvalue weighted by molar-refractivity contribution is 7.88. The molecule has 0 aliphatic rings. The summed E-state index contributed by atoms with van der Waals surface area (Å²) in [5.74, 6) is -6.55. The van der Waals surface area contributed by atoms with Crippen molar-refractivity contribution in [1.29, 1.82) is 0 Å². The van der Waals surface area contributed by atoms with Gasteiger partial charge in [0.15, 0.2) is 5.01 Å². The van der Waals surface area contributed by atoms with Crippen molar-refractivity contribution in [1.82, 2.24) is 76.8 Å². The lowest BCUT2D eigenvalue weighted by molar-refractivity contribution is -0.124. The van der Waals surface area contributed by atoms with Crippen molar-refractivity contribution >= 4 is 156 Å². The Kier molecular flexibility index (Phi) is 36.5. The Morgan fingerprint density at radius 1 is 0.368 bits per heavy atom. The quantitative estimate of drug-likeness (QED) is 0.0161. The zero-order valence-electron chi connectivity index (χ0n) is 75.0. The molecule has 0 bridgehead atoms. The summed E-state index contributed by atoms with van der Waals surface area (Å²) < 4.78 is 29.2. The Bertz CT molecular complexity index is 6310. The lowest BCUT2D eigenvalue weighted by Gasteiger charge is -2.24. The molecule has 0 radical (unpaired) electrons. The van der Waals surface area contributed by atoms with E-state index in [2.05, 4.69) is 76.8 Å². The normalized spacial score (nSPS) is 13.3. The number of benzene rings is 7. The third-order valence-electron chi connectivity index (χ3n) is 22.0. The number of aromatic amines is 4. The van der Waals surface area contributed by atoms with E-state index in [1.807, 2.05) is 201 Å². The summed E-state index contributed by atoms with van der Waals surface area (Å²) >= 11 is 1.26. The Hall–Kier alpha value is -12.7. The third kappa shape index (κ3) is 29.4. The molecule has 8 atom stereocenters. The molecule has 694 valence electrons. The van der Waals surface area contributed by atoms with Crippen LogP contribution in [0, 0.1) is 23.7 Å². The maximum absolute atomic E-state index is 13.3. The zero-order valence-corrected chi connectivity index (χ0v) is 76.7. The van der Waals surface area contributed by atoms with Gasteiger partial charge in [-0.2, -0.15) is 0 Å². The fourth-order valence-electron chi connectivity index (χ4n) is 15.5. The van der Waals surface area contributed by atoms with E-state index in [0.717, 1.165) is 87.0 Å². The molecule has 14 rings (SSSR count). The predicted molar refractivity (Wildman–Crippen MR) is 520 cm³/mol. The predicted octanol–water partition coefficient (Wildman–Crippen LogP) is 8.45. The number of aromatic nitrogens is 7. The number of nitrogens with zero attached hydrogens (tertiary/aromatic N) is 3. The second-order valence-corrected chi connectivity index (χ2v) is 37.3. The second kappa shape index (κ2) is 48.1. The first-order valence-electron chi connectivity index (χ1n) is 44.1. The average Bonchev–Trinajstić information content (AvgIpc) is 1.62. The van der Waals surface area contributed by atoms with E-state index in [0.29, 0.717) is 42.4 Å². The smallest absolute Gasteiger partial charge is 0.426 e. The maximum atomic E-state index is 13.3. The molecule has 0 fully saturated rings. The summed E-state index contributed by atoms with van der Waals surface area (Å²) in [6.45, 7) is 15.4. The van der Waals surface area contributed by atoms with Crippen molar-refractivity contribution in [2.24, 2.45) is 23.7 Å². The molecule has 32 nitrogen and oxygen atoms in total. The van der Waals surface area contributed by atoms with Gasteiger partial charge in [0.2, 0.25) is 33.7 Å². The SMILES string of the molecule is CC(C)C[C@H](NC(=O)[C@H](Cc1c[nH]c2ccccc12)NC(=O)c1ccc2ncccc2c1)B(O)O.CC(C)C[C@H](NC(=O)[C@H](Cc1c[nH]c2ccccc12)NC(=O)c1ccncc1)B(O)O.CC(C)C[C@H](NC(=O)[C@H](Cc1c[nH]c2ccccc12)NC(=O)c1nc2ccccc2s1)B(O)O.CC(C)C[C@H](NC(=O)[C@H](Cc1c[nH]c2ccccc12)NS(=O)(=O)Cc1ccccc1)B(O)O. The van der Waals surface area contributed by atoms with Crippen molar-refractivity contribution in [2.45, 2.75) is 160 Å². The fraction of sp³-hybridized carbons (Fsp3) is 0.305. The lowest BCUT2D eigenvalue weighted by Crippen LogP contribution is -2.55. The van der Waals surface area contributed by atoms with Crippen LogP contribution in [0.1, 0.15) is 139 Å². The Morgan fingerprint density at radius 2 is 0.722 bits per heavy atom. The van der Waals surface area contributed by atoms with Gasteiger partial charge in [-0.3, -0.25) is 43.5 Å². The molecule has 7 aromatic heterocycles. The Balaban J connectivity index is 0.000000171. The van der Waals surface area contributed by atoms with Crippen LogP contribution in [0.3, 0.4) is 0 Å². The van der Waals surface area contributed by atoms with Crippen LogP contribution in [-0.2, 0) is 60.6 Å². The van der Waals surface area contributed by atoms with E-state index in [1.165, 1.54) is 23.7 Å². The van der Waals surface area contributed by atoms with Crippen molar-refractivity contribution in [3.05, 3.63) is 281 Å². The molecule has 0 spiro atoms. The van der Waals surface area contributed by atoms with Gasteiger partial charge < -0.3 is 97.3 Å². The summed E-state index contributed by atoms with van der Waals surface area (Å²) in [5, 5.41) is 102. The first-order chi connectivity index (χ1) is 63.6. The monoisotopic (exact) mass is 1840 g/mol. The number of hydrogen-bond donors (Lipinski definition) is 20. The van der Waals surface area contributed by atoms with Crippen LogP contribution in [0.4, 0.5) is 0 Å². The van der Waals surface area contributed by atoms with E-state index in [4.69, 9.17) is 0 Å². The minimum Gasteiger partial charge on any atom is -0.426 e. The van der Waals surface area contributed by atoms with Gasteiger partial charge in [0.25, 0.3) is 17.7 Å². The number of hydrogen-bond acceptors (Lipinski definition) is 21. The lowest BCUT2D eigenvalue weighted by atomic mass is 9.75. The van der Waals surface area contributed by atoms with Gasteiger partial charge in [0.05, 0.1) is 45.3 Å². The number of para-hydroxylation sites is 5. The van der Waals surface area contributed by atoms with Crippen LogP contribution in [0.5, 0.6) is 0 Å². The van der Waals surface area contributed by atoms with Crippen LogP contribution < -0.4 is 41.9 Å². The minimum atomic E-state index is -3.86. The number of fused-ring (bicyclic) bond motifs is 6. The molecule has 7 aromatic carbocycles. The number of rotatable bonds is 38. The van der Waals surface area contributed by atoms with Gasteiger partial charge in [0.1, 0.15) is 24.2 Å². The van der Waals surface area contributed by atoms with Crippen LogP contribution >= 0.6 is 11.3 Å². The molecule has 20 N–H and O–H groups in total. The summed E-state index contributed by atoms with van der Waals surface area (Å²) in [5.41, 5.74) is 9.92. The molecule has 0 saturated heterocycles. The zero-order chi connectivity index (χ0) is 95.6. The Labute approximate surface area is 775 Å². The highest BCUT2D eigenvalue weighted by atomic mass is 32.2. The standard InChI is InChI=1S/C26H29BN4O4.C24H27BN4O4S.C23H30BN3O5S.C22H27BN4O4/c1-16(2)12-24(27(34)35)31-26(33)23(14-19-15-29-22-8-4-3-7-20(19)22)30-25(32)18-9-10-21-17(13-18)6-5-11-28-21;1-14(2)11-21(25(32)33)29-22(30)19(12-15-13-26-17-8-4-3-7-16(15)17)27-23(31)24-28-18-9-5-6-10-20(18)34-24;1-16(2)12-22(24(29)30)26-23(28)21(13-18-14-25-20-11-7-6-10-19(18)20)27-33(31,32)15-17-8-4-3-5-9-17;1-14(2)11-20(23(30)31)27-22(29)19(26-21(28)15-7-9-24-10-8-15)12-16-13-25-18-6-4-3-5-17(16)18/h3-11,13,15-16,23-24,29,34-35H,12,14H2,1-2H3,(H,30,32)(H,31,33);3-10,13-14,19,21,26,32-33H,11-12H2,1-2H3,(H,27,31)(H,29,30);3-11,14,16,21-22,25,27,29-30H,12-13,15H2,1-2H3,(H,26,28);3-10,13-14,19-20,25,30-31H,11-12H2,1-2H3,(H,26,28)(H,27,29)/t23-,24-;19-,21-;21-,22-;19-,20-/m0000/s1. The molecule has 7 amide bonds. The van der Waals surface area contributed by atoms with Gasteiger partial charge in [-0.1, -0.05) is 177 Å². The maximum Gasteiger partial charge on any atom is 0.475 e. The second-order valence-electron chi connectivity index (χ2n) is 34.5.